The van der Waals surface area contributed by atoms with E-state index in [0.29, 0.717) is 10.8 Å². The predicted octanol–water partition coefficient (Wildman–Crippen LogP) is 3.09. The summed E-state index contributed by atoms with van der Waals surface area (Å²) in [4.78, 5) is 12.4. The highest BCUT2D eigenvalue weighted by atomic mass is 19.4. The molecule has 0 fully saturated rings. The maximum Gasteiger partial charge on any atom is 0.431 e. The summed E-state index contributed by atoms with van der Waals surface area (Å²) in [6.45, 7) is 6.21. The summed E-state index contributed by atoms with van der Waals surface area (Å²) >= 11 is 0. The van der Waals surface area contributed by atoms with Crippen LogP contribution in [0, 0.1) is 12.3 Å². The van der Waals surface area contributed by atoms with E-state index >= 15 is 0 Å². The monoisotopic (exact) mass is 318 g/mol. The predicted molar refractivity (Wildman–Crippen MR) is 72.1 cm³/mol. The number of hydrogen-bond donors (Lipinski definition) is 1. The molecule has 2 rings (SSSR count). The summed E-state index contributed by atoms with van der Waals surface area (Å²) < 4.78 is 43.9. The van der Waals surface area contributed by atoms with Crippen LogP contribution in [0.3, 0.4) is 0 Å². The first kappa shape index (κ1) is 16.5. The van der Waals surface area contributed by atoms with Crippen molar-refractivity contribution >= 4 is 11.6 Å². The molecular weight excluding hydrogens is 301 g/mol. The van der Waals surface area contributed by atoms with Gasteiger partial charge in [0.25, 0.3) is 0 Å². The number of carbonyl (C=O) groups excluding carboxylic acids is 1. The van der Waals surface area contributed by atoms with Gasteiger partial charge in [0.1, 0.15) is 11.5 Å². The number of halogens is 3. The number of alkyl halides is 3. The molecule has 1 aromatic heterocycles. The van der Waals surface area contributed by atoms with Crippen molar-refractivity contribution in [2.45, 2.75) is 46.0 Å². The van der Waals surface area contributed by atoms with Gasteiger partial charge < -0.3 is 9.52 Å². The molecule has 1 N–H and O–H groups in total. The fourth-order valence-electron chi connectivity index (χ4n) is 2.15. The van der Waals surface area contributed by atoms with Crippen molar-refractivity contribution < 1.29 is 27.5 Å². The first-order chi connectivity index (χ1) is 9.86. The summed E-state index contributed by atoms with van der Waals surface area (Å²) in [6.07, 6.45) is -5.50. The van der Waals surface area contributed by atoms with Crippen molar-refractivity contribution in [3.63, 3.8) is 0 Å². The van der Waals surface area contributed by atoms with E-state index in [-0.39, 0.29) is 5.76 Å². The number of nitrogens with zero attached hydrogens (tertiary/aromatic N) is 2. The number of hydrazone groups is 1. The smallest absolute Gasteiger partial charge is 0.431 e. The first-order valence-corrected chi connectivity index (χ1v) is 6.64. The fraction of sp³-hybridized carbons (Fsp3) is 0.571. The van der Waals surface area contributed by atoms with Crippen LogP contribution in [0.4, 0.5) is 13.2 Å². The lowest BCUT2D eigenvalue weighted by molar-refractivity contribution is -0.145. The largest absolute Gasteiger partial charge is 0.456 e. The number of hydrogen-bond acceptors (Lipinski definition) is 4. The Morgan fingerprint density at radius 3 is 2.36 bits per heavy atom. The second-order valence-electron chi connectivity index (χ2n) is 6.32. The number of rotatable bonds is 1. The van der Waals surface area contributed by atoms with Gasteiger partial charge in [-0.05, 0) is 19.1 Å². The normalized spacial score (nSPS) is 22.9. The SMILES string of the molecule is Cc1ccc(C(=O)N2N=C(C(F)(F)F)C[C@@]2(O)C(C)(C)C)o1. The maximum absolute atomic E-state index is 12.9. The quantitative estimate of drug-likeness (QED) is 0.865. The second kappa shape index (κ2) is 4.84. The Bertz CT molecular complexity index is 628. The van der Waals surface area contributed by atoms with Crippen LogP contribution in [0.1, 0.15) is 43.5 Å². The van der Waals surface area contributed by atoms with Gasteiger partial charge in [-0.2, -0.15) is 23.3 Å². The van der Waals surface area contributed by atoms with Crippen LogP contribution in [-0.2, 0) is 0 Å². The Labute approximate surface area is 125 Å². The third kappa shape index (κ3) is 2.63. The topological polar surface area (TPSA) is 66.0 Å². The fourth-order valence-corrected chi connectivity index (χ4v) is 2.15. The molecule has 1 amide bonds. The van der Waals surface area contributed by atoms with Crippen LogP contribution in [0.5, 0.6) is 0 Å². The molecule has 0 unspecified atom stereocenters. The first-order valence-electron chi connectivity index (χ1n) is 6.64. The number of aryl methyl sites for hydroxylation is 1. The minimum absolute atomic E-state index is 0.174. The molecule has 5 nitrogen and oxygen atoms in total. The van der Waals surface area contributed by atoms with E-state index in [1.165, 1.54) is 32.9 Å². The van der Waals surface area contributed by atoms with E-state index in [4.69, 9.17) is 4.42 Å². The lowest BCUT2D eigenvalue weighted by Crippen LogP contribution is -2.55. The Balaban J connectivity index is 2.47. The van der Waals surface area contributed by atoms with E-state index in [2.05, 4.69) is 5.10 Å². The Kier molecular flexibility index (Phi) is 3.64. The molecule has 1 aliphatic rings. The highest BCUT2D eigenvalue weighted by Gasteiger charge is 2.57. The van der Waals surface area contributed by atoms with Crippen LogP contribution in [0.15, 0.2) is 21.7 Å². The van der Waals surface area contributed by atoms with Crippen molar-refractivity contribution in [1.82, 2.24) is 5.01 Å². The molecule has 1 atom stereocenters. The molecule has 0 aromatic carbocycles. The minimum atomic E-state index is -4.71. The summed E-state index contributed by atoms with van der Waals surface area (Å²) in [6, 6.07) is 2.84. The zero-order valence-electron chi connectivity index (χ0n) is 12.7. The molecule has 0 saturated heterocycles. The molecule has 22 heavy (non-hydrogen) atoms. The molecule has 0 aliphatic carbocycles. The van der Waals surface area contributed by atoms with Crippen LogP contribution < -0.4 is 0 Å². The van der Waals surface area contributed by atoms with E-state index in [1.807, 2.05) is 0 Å². The Morgan fingerprint density at radius 2 is 1.95 bits per heavy atom. The van der Waals surface area contributed by atoms with Gasteiger partial charge in [-0.25, -0.2) is 0 Å². The van der Waals surface area contributed by atoms with Gasteiger partial charge in [0.2, 0.25) is 0 Å². The molecule has 122 valence electrons. The lowest BCUT2D eigenvalue weighted by atomic mass is 9.80. The molecule has 0 radical (unpaired) electrons. The molecule has 0 spiro atoms. The molecule has 0 bridgehead atoms. The van der Waals surface area contributed by atoms with E-state index in [0.717, 1.165) is 0 Å². The van der Waals surface area contributed by atoms with Crippen molar-refractivity contribution in [1.29, 1.82) is 0 Å². The minimum Gasteiger partial charge on any atom is -0.456 e. The maximum atomic E-state index is 12.9. The third-order valence-electron chi connectivity index (χ3n) is 3.66. The third-order valence-corrected chi connectivity index (χ3v) is 3.66. The van der Waals surface area contributed by atoms with Gasteiger partial charge in [-0.1, -0.05) is 20.8 Å². The van der Waals surface area contributed by atoms with Gasteiger partial charge in [-0.15, -0.1) is 0 Å². The van der Waals surface area contributed by atoms with Crippen LogP contribution >= 0.6 is 0 Å². The Morgan fingerprint density at radius 1 is 1.36 bits per heavy atom. The van der Waals surface area contributed by atoms with Gasteiger partial charge in [-0.3, -0.25) is 4.79 Å². The van der Waals surface area contributed by atoms with Gasteiger partial charge >= 0.3 is 12.1 Å². The zero-order chi connectivity index (χ0) is 16.9. The van der Waals surface area contributed by atoms with Crippen LogP contribution in [0.25, 0.3) is 0 Å². The van der Waals surface area contributed by atoms with Gasteiger partial charge in [0.15, 0.2) is 11.5 Å². The Hall–Kier alpha value is -1.83. The molecule has 1 aromatic rings. The number of amides is 1. The number of carbonyl (C=O) groups is 1. The number of furan rings is 1. The van der Waals surface area contributed by atoms with Crippen molar-refractivity contribution in [3.05, 3.63) is 23.7 Å². The van der Waals surface area contributed by atoms with Crippen molar-refractivity contribution in [2.24, 2.45) is 10.5 Å². The van der Waals surface area contributed by atoms with Crippen LogP contribution in [-0.4, -0.2) is 33.6 Å². The summed E-state index contributed by atoms with van der Waals surface area (Å²) in [5.41, 5.74) is -4.32. The van der Waals surface area contributed by atoms with Gasteiger partial charge in [0.05, 0.1) is 0 Å². The summed E-state index contributed by atoms with van der Waals surface area (Å²) in [5.74, 6) is -0.654. The van der Waals surface area contributed by atoms with E-state index in [1.54, 1.807) is 6.92 Å². The molecule has 2 heterocycles. The standard InChI is InChI=1S/C14H17F3N2O3/c1-8-5-6-9(22-8)11(20)19-13(21,12(2,3)4)7-10(18-19)14(15,16)17/h5-6,21H,7H2,1-4H3/t13-/m1/s1. The highest BCUT2D eigenvalue weighted by Crippen LogP contribution is 2.44. The van der Waals surface area contributed by atoms with Crippen molar-refractivity contribution in [2.75, 3.05) is 0 Å². The van der Waals surface area contributed by atoms with E-state index < -0.39 is 35.4 Å². The molecule has 8 heteroatoms. The molecular formula is C14H17F3N2O3. The van der Waals surface area contributed by atoms with E-state index in [9.17, 15) is 23.1 Å². The average Bonchev–Trinajstić information content (AvgIpc) is 2.91. The number of aliphatic hydroxyl groups is 1. The zero-order valence-corrected chi connectivity index (χ0v) is 12.7. The molecule has 0 saturated carbocycles. The van der Waals surface area contributed by atoms with Crippen LogP contribution in [0.2, 0.25) is 0 Å². The molecule has 1 aliphatic heterocycles. The highest BCUT2D eigenvalue weighted by molar-refractivity contribution is 5.98. The average molecular weight is 318 g/mol. The second-order valence-corrected chi connectivity index (χ2v) is 6.32. The summed E-state index contributed by atoms with van der Waals surface area (Å²) in [7, 11) is 0. The van der Waals surface area contributed by atoms with Crippen molar-refractivity contribution in [3.8, 4) is 0 Å². The van der Waals surface area contributed by atoms with Gasteiger partial charge in [0, 0.05) is 11.8 Å². The lowest BCUT2D eigenvalue weighted by Gasteiger charge is -2.41. The summed E-state index contributed by atoms with van der Waals surface area (Å²) in [5, 5.41) is 14.5.